The van der Waals surface area contributed by atoms with Crippen molar-refractivity contribution < 1.29 is 4.79 Å². The summed E-state index contributed by atoms with van der Waals surface area (Å²) in [6.07, 6.45) is 2.90. The SMILES string of the molecule is CNc1nc(N2CCNC(=O)C2)nc(-n2cncn2)n1. The van der Waals surface area contributed by atoms with E-state index in [1.807, 2.05) is 0 Å². The predicted molar refractivity (Wildman–Crippen MR) is 69.5 cm³/mol. The summed E-state index contributed by atoms with van der Waals surface area (Å²) in [4.78, 5) is 29.9. The van der Waals surface area contributed by atoms with Crippen LogP contribution in [-0.4, -0.2) is 62.3 Å². The summed E-state index contributed by atoms with van der Waals surface area (Å²) in [6, 6.07) is 0. The first-order chi connectivity index (χ1) is 9.76. The van der Waals surface area contributed by atoms with E-state index in [0.29, 0.717) is 30.9 Å². The molecule has 2 aromatic heterocycles. The first-order valence-corrected chi connectivity index (χ1v) is 6.07. The van der Waals surface area contributed by atoms with Crippen molar-refractivity contribution in [2.24, 2.45) is 0 Å². The van der Waals surface area contributed by atoms with Crippen LogP contribution in [0.1, 0.15) is 0 Å². The van der Waals surface area contributed by atoms with Crippen molar-refractivity contribution in [3.8, 4) is 5.95 Å². The minimum Gasteiger partial charge on any atom is -0.357 e. The van der Waals surface area contributed by atoms with Crippen molar-refractivity contribution in [3.63, 3.8) is 0 Å². The topological polar surface area (TPSA) is 114 Å². The third-order valence-electron chi connectivity index (χ3n) is 2.78. The fourth-order valence-electron chi connectivity index (χ4n) is 1.83. The molecule has 0 bridgehead atoms. The summed E-state index contributed by atoms with van der Waals surface area (Å²) in [5.41, 5.74) is 0. The molecule has 0 spiro atoms. The number of anilines is 2. The van der Waals surface area contributed by atoms with Crippen molar-refractivity contribution in [2.45, 2.75) is 0 Å². The Kier molecular flexibility index (Phi) is 3.11. The average Bonchev–Trinajstić information content (AvgIpc) is 3.01. The van der Waals surface area contributed by atoms with Crippen LogP contribution in [0.4, 0.5) is 11.9 Å². The van der Waals surface area contributed by atoms with Crippen LogP contribution in [0, 0.1) is 0 Å². The average molecular weight is 275 g/mol. The molecule has 10 nitrogen and oxygen atoms in total. The van der Waals surface area contributed by atoms with Crippen molar-refractivity contribution in [1.29, 1.82) is 0 Å². The van der Waals surface area contributed by atoms with Crippen molar-refractivity contribution in [2.75, 3.05) is 36.9 Å². The van der Waals surface area contributed by atoms with Crippen LogP contribution in [0.15, 0.2) is 12.7 Å². The Morgan fingerprint density at radius 2 is 2.15 bits per heavy atom. The maximum Gasteiger partial charge on any atom is 0.258 e. The second-order valence-electron chi connectivity index (χ2n) is 4.12. The first-order valence-electron chi connectivity index (χ1n) is 6.07. The number of nitrogens with zero attached hydrogens (tertiary/aromatic N) is 7. The summed E-state index contributed by atoms with van der Waals surface area (Å²) in [5, 5.41) is 9.62. The Labute approximate surface area is 114 Å². The van der Waals surface area contributed by atoms with E-state index in [4.69, 9.17) is 0 Å². The highest BCUT2D eigenvalue weighted by Gasteiger charge is 2.20. The van der Waals surface area contributed by atoms with Crippen LogP contribution < -0.4 is 15.5 Å². The van der Waals surface area contributed by atoms with Gasteiger partial charge in [0.15, 0.2) is 0 Å². The van der Waals surface area contributed by atoms with E-state index in [9.17, 15) is 4.79 Å². The molecule has 3 rings (SSSR count). The molecule has 1 amide bonds. The Bertz CT molecular complexity index is 611. The highest BCUT2D eigenvalue weighted by Crippen LogP contribution is 2.13. The minimum absolute atomic E-state index is 0.0509. The van der Waals surface area contributed by atoms with Crippen LogP contribution in [0.2, 0.25) is 0 Å². The normalized spacial score (nSPS) is 15.1. The van der Waals surface area contributed by atoms with Gasteiger partial charge in [0.2, 0.25) is 17.8 Å². The molecule has 1 aliphatic rings. The fourth-order valence-corrected chi connectivity index (χ4v) is 1.83. The molecule has 0 atom stereocenters. The Hall–Kier alpha value is -2.78. The number of nitrogens with one attached hydrogen (secondary N) is 2. The first kappa shape index (κ1) is 12.3. The van der Waals surface area contributed by atoms with Gasteiger partial charge in [-0.25, -0.2) is 4.98 Å². The molecule has 1 aliphatic heterocycles. The van der Waals surface area contributed by atoms with Crippen molar-refractivity contribution in [1.82, 2.24) is 35.0 Å². The lowest BCUT2D eigenvalue weighted by atomic mass is 10.4. The summed E-state index contributed by atoms with van der Waals surface area (Å²) in [7, 11) is 1.72. The van der Waals surface area contributed by atoms with Gasteiger partial charge in [-0.1, -0.05) is 0 Å². The zero-order valence-electron chi connectivity index (χ0n) is 10.8. The molecule has 10 heteroatoms. The second-order valence-corrected chi connectivity index (χ2v) is 4.12. The molecular formula is C10H13N9O. The Morgan fingerprint density at radius 1 is 1.30 bits per heavy atom. The quantitative estimate of drug-likeness (QED) is 0.690. The van der Waals surface area contributed by atoms with E-state index >= 15 is 0 Å². The second kappa shape index (κ2) is 5.07. The number of aromatic nitrogens is 6. The lowest BCUT2D eigenvalue weighted by Crippen LogP contribution is -2.48. The molecule has 1 saturated heterocycles. The zero-order valence-corrected chi connectivity index (χ0v) is 10.8. The monoisotopic (exact) mass is 275 g/mol. The molecule has 1 fully saturated rings. The molecule has 2 N–H and O–H groups in total. The molecule has 104 valence electrons. The van der Waals surface area contributed by atoms with Gasteiger partial charge in [-0.15, -0.1) is 0 Å². The zero-order chi connectivity index (χ0) is 13.9. The minimum atomic E-state index is -0.0509. The lowest BCUT2D eigenvalue weighted by molar-refractivity contribution is -0.120. The molecule has 0 saturated carbocycles. The lowest BCUT2D eigenvalue weighted by Gasteiger charge is -2.26. The van der Waals surface area contributed by atoms with Crippen LogP contribution in [0.3, 0.4) is 0 Å². The van der Waals surface area contributed by atoms with Crippen molar-refractivity contribution >= 4 is 17.8 Å². The summed E-state index contributed by atoms with van der Waals surface area (Å²) in [5.74, 6) is 1.14. The van der Waals surface area contributed by atoms with Gasteiger partial charge in [0.25, 0.3) is 5.95 Å². The number of carbonyl (C=O) groups excluding carboxylic acids is 1. The van der Waals surface area contributed by atoms with Gasteiger partial charge in [-0.3, -0.25) is 4.79 Å². The van der Waals surface area contributed by atoms with Crippen molar-refractivity contribution in [3.05, 3.63) is 12.7 Å². The van der Waals surface area contributed by atoms with E-state index in [2.05, 4.69) is 35.7 Å². The number of piperazine rings is 1. The van der Waals surface area contributed by atoms with Gasteiger partial charge >= 0.3 is 0 Å². The predicted octanol–water partition coefficient (Wildman–Crippen LogP) is -1.57. The smallest absolute Gasteiger partial charge is 0.258 e. The maximum absolute atomic E-state index is 11.4. The largest absolute Gasteiger partial charge is 0.357 e. The van der Waals surface area contributed by atoms with E-state index in [1.165, 1.54) is 17.3 Å². The number of rotatable bonds is 3. The Morgan fingerprint density at radius 3 is 2.85 bits per heavy atom. The molecule has 0 radical (unpaired) electrons. The van der Waals surface area contributed by atoms with E-state index in [1.54, 1.807) is 11.9 Å². The van der Waals surface area contributed by atoms with Gasteiger partial charge in [-0.2, -0.15) is 24.7 Å². The number of carbonyl (C=O) groups is 1. The van der Waals surface area contributed by atoms with Crippen LogP contribution in [0.25, 0.3) is 5.95 Å². The van der Waals surface area contributed by atoms with Crippen LogP contribution >= 0.6 is 0 Å². The highest BCUT2D eigenvalue weighted by atomic mass is 16.2. The van der Waals surface area contributed by atoms with Gasteiger partial charge in [0.1, 0.15) is 12.7 Å². The highest BCUT2D eigenvalue weighted by molar-refractivity contribution is 5.81. The number of amides is 1. The van der Waals surface area contributed by atoms with Gasteiger partial charge in [0.05, 0.1) is 6.54 Å². The van der Waals surface area contributed by atoms with E-state index < -0.39 is 0 Å². The Balaban J connectivity index is 1.98. The molecule has 0 aliphatic carbocycles. The van der Waals surface area contributed by atoms with Crippen LogP contribution in [-0.2, 0) is 4.79 Å². The standard InChI is InChI=1S/C10H13N9O/c1-11-8-15-9(18-3-2-13-7(20)4-18)17-10(16-8)19-6-12-5-14-19/h5-6H,2-4H2,1H3,(H,13,20)(H,11,15,16,17). The maximum atomic E-state index is 11.4. The number of hydrogen-bond acceptors (Lipinski definition) is 8. The molecule has 20 heavy (non-hydrogen) atoms. The van der Waals surface area contributed by atoms with Crippen LogP contribution in [0.5, 0.6) is 0 Å². The third-order valence-corrected chi connectivity index (χ3v) is 2.78. The molecule has 3 heterocycles. The van der Waals surface area contributed by atoms with Gasteiger partial charge in [0, 0.05) is 20.1 Å². The summed E-state index contributed by atoms with van der Waals surface area (Å²) in [6.45, 7) is 1.44. The third kappa shape index (κ3) is 2.35. The summed E-state index contributed by atoms with van der Waals surface area (Å²) >= 11 is 0. The molecule has 2 aromatic rings. The number of hydrogen-bond donors (Lipinski definition) is 2. The molecule has 0 aromatic carbocycles. The van der Waals surface area contributed by atoms with E-state index in [0.717, 1.165) is 0 Å². The summed E-state index contributed by atoms with van der Waals surface area (Å²) < 4.78 is 1.44. The van der Waals surface area contributed by atoms with Gasteiger partial charge in [-0.05, 0) is 0 Å². The molecular weight excluding hydrogens is 262 g/mol. The van der Waals surface area contributed by atoms with E-state index in [-0.39, 0.29) is 12.5 Å². The fraction of sp³-hybridized carbons (Fsp3) is 0.400. The van der Waals surface area contributed by atoms with Gasteiger partial charge < -0.3 is 15.5 Å². The molecule has 0 unspecified atom stereocenters.